The van der Waals surface area contributed by atoms with Crippen molar-refractivity contribution >= 4 is 26.0 Å². The van der Waals surface area contributed by atoms with Crippen LogP contribution in [-0.4, -0.2) is 38.5 Å². The maximum absolute atomic E-state index is 12.7. The minimum absolute atomic E-state index is 0.0341. The van der Waals surface area contributed by atoms with E-state index in [9.17, 15) is 8.42 Å². The van der Waals surface area contributed by atoms with Crippen LogP contribution in [0.25, 0.3) is 0 Å². The SMILES string of the molecule is CCCOC1CCCN(S(=O)(=O)c2cc(CN)oc2Br)C1. The molecule has 1 saturated heterocycles. The standard InChI is InChI=1S/C13H21BrN2O4S/c1-2-6-19-10-4-3-5-16(9-10)21(17,18)12-7-11(8-15)20-13(12)14/h7,10H,2-6,8-9,15H2,1H3. The van der Waals surface area contributed by atoms with Crippen molar-refractivity contribution < 1.29 is 17.6 Å². The van der Waals surface area contributed by atoms with E-state index in [-0.39, 0.29) is 22.2 Å². The van der Waals surface area contributed by atoms with Crippen LogP contribution in [0.2, 0.25) is 0 Å². The zero-order valence-electron chi connectivity index (χ0n) is 12.0. The van der Waals surface area contributed by atoms with Gasteiger partial charge in [-0.25, -0.2) is 8.42 Å². The second-order valence-electron chi connectivity index (χ2n) is 5.05. The third kappa shape index (κ3) is 3.87. The fourth-order valence-corrected chi connectivity index (χ4v) is 4.83. The van der Waals surface area contributed by atoms with Crippen LogP contribution < -0.4 is 5.73 Å². The minimum Gasteiger partial charge on any atom is -0.452 e. The molecule has 1 atom stereocenters. The van der Waals surface area contributed by atoms with E-state index in [0.717, 1.165) is 19.3 Å². The summed E-state index contributed by atoms with van der Waals surface area (Å²) >= 11 is 3.16. The molecular formula is C13H21BrN2O4S. The van der Waals surface area contributed by atoms with Crippen LogP contribution in [0.1, 0.15) is 31.9 Å². The van der Waals surface area contributed by atoms with Gasteiger partial charge in [-0.3, -0.25) is 0 Å². The van der Waals surface area contributed by atoms with E-state index in [2.05, 4.69) is 15.9 Å². The molecule has 1 aliphatic heterocycles. The number of ether oxygens (including phenoxy) is 1. The van der Waals surface area contributed by atoms with Crippen molar-refractivity contribution in [3.63, 3.8) is 0 Å². The minimum atomic E-state index is -3.58. The molecule has 2 N–H and O–H groups in total. The van der Waals surface area contributed by atoms with Gasteiger partial charge in [-0.05, 0) is 35.2 Å². The Morgan fingerprint density at radius 3 is 2.95 bits per heavy atom. The molecule has 120 valence electrons. The Hall–Kier alpha value is -0.410. The topological polar surface area (TPSA) is 85.8 Å². The second kappa shape index (κ2) is 7.23. The molecule has 1 aromatic rings. The van der Waals surface area contributed by atoms with Gasteiger partial charge in [0.25, 0.3) is 0 Å². The molecule has 8 heteroatoms. The van der Waals surface area contributed by atoms with E-state index < -0.39 is 10.0 Å². The van der Waals surface area contributed by atoms with Gasteiger partial charge >= 0.3 is 0 Å². The third-order valence-electron chi connectivity index (χ3n) is 3.42. The molecule has 0 aliphatic carbocycles. The maximum Gasteiger partial charge on any atom is 0.247 e. The fourth-order valence-electron chi connectivity index (χ4n) is 2.36. The molecule has 1 fully saturated rings. The number of nitrogens with two attached hydrogens (primary N) is 1. The van der Waals surface area contributed by atoms with Crippen molar-refractivity contribution in [3.05, 3.63) is 16.5 Å². The molecule has 6 nitrogen and oxygen atoms in total. The number of hydrogen-bond donors (Lipinski definition) is 1. The summed E-state index contributed by atoms with van der Waals surface area (Å²) in [5.74, 6) is 0.441. The molecule has 1 unspecified atom stereocenters. The Labute approximate surface area is 133 Å². The average Bonchev–Trinajstić information content (AvgIpc) is 2.87. The van der Waals surface area contributed by atoms with Gasteiger partial charge in [0.15, 0.2) is 4.67 Å². The summed E-state index contributed by atoms with van der Waals surface area (Å²) in [6.45, 7) is 3.75. The predicted molar refractivity (Wildman–Crippen MR) is 82.3 cm³/mol. The lowest BCUT2D eigenvalue weighted by Crippen LogP contribution is -2.43. The van der Waals surface area contributed by atoms with E-state index in [4.69, 9.17) is 14.9 Å². The highest BCUT2D eigenvalue weighted by atomic mass is 79.9. The summed E-state index contributed by atoms with van der Waals surface area (Å²) < 4.78 is 38.0. The lowest BCUT2D eigenvalue weighted by molar-refractivity contribution is 0.0193. The number of furan rings is 1. The predicted octanol–water partition coefficient (Wildman–Crippen LogP) is 2.08. The largest absolute Gasteiger partial charge is 0.452 e. The summed E-state index contributed by atoms with van der Waals surface area (Å²) in [6, 6.07) is 1.48. The monoisotopic (exact) mass is 380 g/mol. The van der Waals surface area contributed by atoms with Gasteiger partial charge in [0.1, 0.15) is 10.7 Å². The van der Waals surface area contributed by atoms with Crippen LogP contribution in [0, 0.1) is 0 Å². The first kappa shape index (κ1) is 17.0. The molecule has 0 bridgehead atoms. The van der Waals surface area contributed by atoms with Crippen molar-refractivity contribution in [2.45, 2.75) is 43.7 Å². The first-order valence-electron chi connectivity index (χ1n) is 7.09. The zero-order chi connectivity index (χ0) is 15.5. The van der Waals surface area contributed by atoms with Crippen LogP contribution in [0.5, 0.6) is 0 Å². The first-order valence-corrected chi connectivity index (χ1v) is 9.32. The number of nitrogens with zero attached hydrogens (tertiary/aromatic N) is 1. The van der Waals surface area contributed by atoms with Gasteiger partial charge in [-0.15, -0.1) is 0 Å². The second-order valence-corrected chi connectivity index (χ2v) is 7.68. The molecule has 0 spiro atoms. The Bertz CT molecular complexity index is 573. The smallest absolute Gasteiger partial charge is 0.247 e. The average molecular weight is 381 g/mol. The lowest BCUT2D eigenvalue weighted by Gasteiger charge is -2.31. The Kier molecular flexibility index (Phi) is 5.84. The van der Waals surface area contributed by atoms with Crippen molar-refractivity contribution in [1.82, 2.24) is 4.31 Å². The van der Waals surface area contributed by atoms with Gasteiger partial charge in [0, 0.05) is 25.8 Å². The number of sulfonamides is 1. The molecule has 0 radical (unpaired) electrons. The number of hydrogen-bond acceptors (Lipinski definition) is 5. The molecule has 2 rings (SSSR count). The van der Waals surface area contributed by atoms with E-state index in [1.54, 1.807) is 0 Å². The van der Waals surface area contributed by atoms with Crippen molar-refractivity contribution in [2.75, 3.05) is 19.7 Å². The van der Waals surface area contributed by atoms with Crippen LogP contribution in [-0.2, 0) is 21.3 Å². The summed E-state index contributed by atoms with van der Waals surface area (Å²) in [5, 5.41) is 0. The van der Waals surface area contributed by atoms with E-state index in [1.807, 2.05) is 6.92 Å². The van der Waals surface area contributed by atoms with Gasteiger partial charge in [0.05, 0.1) is 12.6 Å². The summed E-state index contributed by atoms with van der Waals surface area (Å²) in [5.41, 5.74) is 5.49. The highest BCUT2D eigenvalue weighted by molar-refractivity contribution is 9.10. The molecule has 1 aliphatic rings. The van der Waals surface area contributed by atoms with E-state index in [1.165, 1.54) is 10.4 Å². The normalized spacial score (nSPS) is 20.8. The van der Waals surface area contributed by atoms with Crippen molar-refractivity contribution in [3.8, 4) is 0 Å². The first-order chi connectivity index (χ1) is 9.98. The third-order valence-corrected chi connectivity index (χ3v) is 6.15. The molecule has 0 saturated carbocycles. The van der Waals surface area contributed by atoms with E-state index >= 15 is 0 Å². The molecule has 1 aromatic heterocycles. The van der Waals surface area contributed by atoms with Gasteiger partial charge in [0.2, 0.25) is 10.0 Å². The molecule has 21 heavy (non-hydrogen) atoms. The van der Waals surface area contributed by atoms with Gasteiger partial charge < -0.3 is 14.9 Å². The molecule has 0 amide bonds. The zero-order valence-corrected chi connectivity index (χ0v) is 14.5. The maximum atomic E-state index is 12.7. The van der Waals surface area contributed by atoms with Crippen molar-refractivity contribution in [1.29, 1.82) is 0 Å². The van der Waals surface area contributed by atoms with Crippen LogP contribution in [0.3, 0.4) is 0 Å². The summed E-state index contributed by atoms with van der Waals surface area (Å²) in [7, 11) is -3.58. The summed E-state index contributed by atoms with van der Waals surface area (Å²) in [6.07, 6.45) is 2.59. The Morgan fingerprint density at radius 2 is 2.33 bits per heavy atom. The fraction of sp³-hybridized carbons (Fsp3) is 0.692. The highest BCUT2D eigenvalue weighted by Gasteiger charge is 2.33. The van der Waals surface area contributed by atoms with Crippen LogP contribution in [0.15, 0.2) is 20.0 Å². The van der Waals surface area contributed by atoms with Crippen LogP contribution >= 0.6 is 15.9 Å². The quantitative estimate of drug-likeness (QED) is 0.816. The van der Waals surface area contributed by atoms with Gasteiger partial charge in [-0.1, -0.05) is 6.92 Å². The number of rotatable bonds is 6. The lowest BCUT2D eigenvalue weighted by atomic mass is 10.1. The highest BCUT2D eigenvalue weighted by Crippen LogP contribution is 2.30. The molecule has 0 aromatic carbocycles. The number of halogens is 1. The Morgan fingerprint density at radius 1 is 1.57 bits per heavy atom. The van der Waals surface area contributed by atoms with E-state index in [0.29, 0.717) is 25.5 Å². The number of piperidine rings is 1. The summed E-state index contributed by atoms with van der Waals surface area (Å²) in [4.78, 5) is 0.138. The van der Waals surface area contributed by atoms with Crippen LogP contribution in [0.4, 0.5) is 0 Å². The van der Waals surface area contributed by atoms with Gasteiger partial charge in [-0.2, -0.15) is 4.31 Å². The molecule has 2 heterocycles. The Balaban J connectivity index is 2.16. The molecular weight excluding hydrogens is 360 g/mol. The van der Waals surface area contributed by atoms with Crippen molar-refractivity contribution in [2.24, 2.45) is 5.73 Å².